The fourth-order valence-corrected chi connectivity index (χ4v) is 3.99. The Labute approximate surface area is 126 Å². The van der Waals surface area contributed by atoms with E-state index in [0.29, 0.717) is 0 Å². The highest BCUT2D eigenvalue weighted by molar-refractivity contribution is 4.81. The predicted octanol–water partition coefficient (Wildman–Crippen LogP) is 2.43. The summed E-state index contributed by atoms with van der Waals surface area (Å²) in [5, 5.41) is 3.56. The van der Waals surface area contributed by atoms with Gasteiger partial charge in [0, 0.05) is 12.6 Å². The van der Waals surface area contributed by atoms with Gasteiger partial charge in [0.25, 0.3) is 0 Å². The smallest absolute Gasteiger partial charge is 0.0223 e. The minimum absolute atomic E-state index is 0.816. The molecule has 0 spiro atoms. The van der Waals surface area contributed by atoms with Crippen molar-refractivity contribution in [3.05, 3.63) is 0 Å². The molecule has 2 aliphatic rings. The number of nitrogens with one attached hydrogen (secondary N) is 1. The summed E-state index contributed by atoms with van der Waals surface area (Å²) in [5.74, 6) is 1.78. The summed E-state index contributed by atoms with van der Waals surface area (Å²) in [6.45, 7) is 12.3. The molecule has 0 saturated carbocycles. The van der Waals surface area contributed by atoms with Crippen LogP contribution in [-0.2, 0) is 0 Å². The number of rotatable bonds is 7. The maximum atomic E-state index is 3.56. The lowest BCUT2D eigenvalue weighted by molar-refractivity contribution is 0.181. The third-order valence-corrected chi connectivity index (χ3v) is 5.53. The van der Waals surface area contributed by atoms with E-state index in [9.17, 15) is 0 Å². The van der Waals surface area contributed by atoms with E-state index in [4.69, 9.17) is 0 Å². The fraction of sp³-hybridized carbons (Fsp3) is 1.00. The van der Waals surface area contributed by atoms with Gasteiger partial charge in [-0.25, -0.2) is 0 Å². The molecule has 0 aromatic heterocycles. The van der Waals surface area contributed by atoms with Gasteiger partial charge in [-0.15, -0.1) is 0 Å². The molecule has 3 atom stereocenters. The summed E-state index contributed by atoms with van der Waals surface area (Å²) in [5.41, 5.74) is 0. The highest BCUT2D eigenvalue weighted by Crippen LogP contribution is 2.23. The zero-order valence-electron chi connectivity index (χ0n) is 13.9. The fourth-order valence-electron chi connectivity index (χ4n) is 3.99. The van der Waals surface area contributed by atoms with Crippen molar-refractivity contribution in [3.8, 4) is 0 Å². The maximum Gasteiger partial charge on any atom is 0.0223 e. The first-order valence-corrected chi connectivity index (χ1v) is 8.84. The minimum atomic E-state index is 0.816. The Morgan fingerprint density at radius 2 is 2.15 bits per heavy atom. The molecular weight excluding hydrogens is 246 g/mol. The topological polar surface area (TPSA) is 18.5 Å². The van der Waals surface area contributed by atoms with Crippen LogP contribution < -0.4 is 5.32 Å². The Morgan fingerprint density at radius 1 is 1.30 bits per heavy atom. The van der Waals surface area contributed by atoms with Gasteiger partial charge in [-0.1, -0.05) is 13.8 Å². The molecule has 3 unspecified atom stereocenters. The molecule has 0 aromatic rings. The SMILES string of the molecule is CCN1CCCC1CN(C)CCC(C)C1CCCNC1. The third-order valence-electron chi connectivity index (χ3n) is 5.53. The lowest BCUT2D eigenvalue weighted by atomic mass is 9.85. The summed E-state index contributed by atoms with van der Waals surface area (Å²) in [4.78, 5) is 5.23. The van der Waals surface area contributed by atoms with Crippen molar-refractivity contribution in [1.29, 1.82) is 0 Å². The standard InChI is InChI=1S/C17H35N3/c1-4-20-11-6-8-17(20)14-19(3)12-9-15(2)16-7-5-10-18-13-16/h15-18H,4-14H2,1-3H3. The number of hydrogen-bond donors (Lipinski definition) is 1. The molecule has 3 heteroatoms. The molecule has 0 bridgehead atoms. The molecule has 2 aliphatic heterocycles. The monoisotopic (exact) mass is 281 g/mol. The molecule has 1 N–H and O–H groups in total. The van der Waals surface area contributed by atoms with Crippen molar-refractivity contribution in [2.75, 3.05) is 46.3 Å². The Balaban J connectivity index is 1.65. The van der Waals surface area contributed by atoms with Crippen LogP contribution >= 0.6 is 0 Å². The highest BCUT2D eigenvalue weighted by Gasteiger charge is 2.24. The van der Waals surface area contributed by atoms with Crippen LogP contribution in [0.1, 0.15) is 46.0 Å². The van der Waals surface area contributed by atoms with E-state index < -0.39 is 0 Å². The van der Waals surface area contributed by atoms with E-state index in [2.05, 4.69) is 36.0 Å². The van der Waals surface area contributed by atoms with Gasteiger partial charge in [-0.3, -0.25) is 4.90 Å². The number of likely N-dealkylation sites (N-methyl/N-ethyl adjacent to an activating group) is 2. The molecule has 118 valence electrons. The highest BCUT2D eigenvalue weighted by atomic mass is 15.2. The van der Waals surface area contributed by atoms with Gasteiger partial charge in [0.2, 0.25) is 0 Å². The molecule has 2 heterocycles. The van der Waals surface area contributed by atoms with Gasteiger partial charge < -0.3 is 10.2 Å². The maximum absolute atomic E-state index is 3.56. The molecule has 0 aliphatic carbocycles. The summed E-state index contributed by atoms with van der Waals surface area (Å²) < 4.78 is 0. The summed E-state index contributed by atoms with van der Waals surface area (Å²) in [7, 11) is 2.32. The summed E-state index contributed by atoms with van der Waals surface area (Å²) in [6.07, 6.45) is 6.97. The van der Waals surface area contributed by atoms with Gasteiger partial charge in [-0.05, 0) is 83.7 Å². The molecule has 0 amide bonds. The van der Waals surface area contributed by atoms with Crippen molar-refractivity contribution in [1.82, 2.24) is 15.1 Å². The number of likely N-dealkylation sites (tertiary alicyclic amines) is 1. The van der Waals surface area contributed by atoms with Gasteiger partial charge in [0.15, 0.2) is 0 Å². The van der Waals surface area contributed by atoms with E-state index in [1.165, 1.54) is 71.4 Å². The zero-order chi connectivity index (χ0) is 14.4. The number of piperidine rings is 1. The van der Waals surface area contributed by atoms with Crippen LogP contribution in [0.3, 0.4) is 0 Å². The molecule has 20 heavy (non-hydrogen) atoms. The minimum Gasteiger partial charge on any atom is -0.316 e. The molecule has 2 fully saturated rings. The van der Waals surface area contributed by atoms with Crippen molar-refractivity contribution >= 4 is 0 Å². The average Bonchev–Trinajstić information content (AvgIpc) is 2.92. The third kappa shape index (κ3) is 4.71. The van der Waals surface area contributed by atoms with Crippen LogP contribution in [0.15, 0.2) is 0 Å². The summed E-state index contributed by atoms with van der Waals surface area (Å²) in [6, 6.07) is 0.816. The predicted molar refractivity (Wildman–Crippen MR) is 87.1 cm³/mol. The van der Waals surface area contributed by atoms with Crippen molar-refractivity contribution in [3.63, 3.8) is 0 Å². The van der Waals surface area contributed by atoms with Gasteiger partial charge in [0.1, 0.15) is 0 Å². The lowest BCUT2D eigenvalue weighted by Crippen LogP contribution is -2.40. The Morgan fingerprint density at radius 3 is 2.85 bits per heavy atom. The molecule has 0 radical (unpaired) electrons. The van der Waals surface area contributed by atoms with E-state index in [-0.39, 0.29) is 0 Å². The van der Waals surface area contributed by atoms with Crippen LogP contribution in [0.5, 0.6) is 0 Å². The number of nitrogens with zero attached hydrogens (tertiary/aromatic N) is 2. The summed E-state index contributed by atoms with van der Waals surface area (Å²) >= 11 is 0. The van der Waals surface area contributed by atoms with Crippen LogP contribution in [0, 0.1) is 11.8 Å². The first kappa shape index (κ1) is 16.3. The second kappa shape index (κ2) is 8.35. The first-order chi connectivity index (χ1) is 9.70. The normalized spacial score (nSPS) is 30.0. The largest absolute Gasteiger partial charge is 0.316 e. The Kier molecular flexibility index (Phi) is 6.79. The molecule has 3 nitrogen and oxygen atoms in total. The van der Waals surface area contributed by atoms with Crippen molar-refractivity contribution in [2.24, 2.45) is 11.8 Å². The average molecular weight is 281 g/mol. The second-order valence-corrected chi connectivity index (χ2v) is 7.06. The van der Waals surface area contributed by atoms with Crippen molar-refractivity contribution in [2.45, 2.75) is 52.0 Å². The van der Waals surface area contributed by atoms with E-state index in [1.807, 2.05) is 0 Å². The van der Waals surface area contributed by atoms with Crippen LogP contribution in [0.25, 0.3) is 0 Å². The van der Waals surface area contributed by atoms with Gasteiger partial charge in [0.05, 0.1) is 0 Å². The van der Waals surface area contributed by atoms with Gasteiger partial charge >= 0.3 is 0 Å². The molecule has 0 aromatic carbocycles. The van der Waals surface area contributed by atoms with Crippen LogP contribution in [-0.4, -0.2) is 62.2 Å². The molecule has 2 rings (SSSR count). The Hall–Kier alpha value is -0.120. The van der Waals surface area contributed by atoms with Crippen LogP contribution in [0.4, 0.5) is 0 Å². The van der Waals surface area contributed by atoms with E-state index >= 15 is 0 Å². The first-order valence-electron chi connectivity index (χ1n) is 8.84. The second-order valence-electron chi connectivity index (χ2n) is 7.06. The van der Waals surface area contributed by atoms with Gasteiger partial charge in [-0.2, -0.15) is 0 Å². The number of hydrogen-bond acceptors (Lipinski definition) is 3. The lowest BCUT2D eigenvalue weighted by Gasteiger charge is -2.31. The Bertz CT molecular complexity index is 263. The molecular formula is C17H35N3. The van der Waals surface area contributed by atoms with E-state index in [1.54, 1.807) is 0 Å². The zero-order valence-corrected chi connectivity index (χ0v) is 13.9. The van der Waals surface area contributed by atoms with Crippen LogP contribution in [0.2, 0.25) is 0 Å². The quantitative estimate of drug-likeness (QED) is 0.773. The molecule has 2 saturated heterocycles. The van der Waals surface area contributed by atoms with Crippen molar-refractivity contribution < 1.29 is 0 Å². The van der Waals surface area contributed by atoms with E-state index in [0.717, 1.165) is 17.9 Å².